The van der Waals surface area contributed by atoms with Crippen molar-refractivity contribution in [2.45, 2.75) is 38.2 Å². The van der Waals surface area contributed by atoms with Gasteiger partial charge in [-0.25, -0.2) is 0 Å². The van der Waals surface area contributed by atoms with E-state index in [-0.39, 0.29) is 12.0 Å². The van der Waals surface area contributed by atoms with E-state index in [1.54, 1.807) is 0 Å². The SMILES string of the molecule is NCCCNC(=O)CC1CCCCO1. The van der Waals surface area contributed by atoms with E-state index in [1.165, 1.54) is 6.42 Å². The van der Waals surface area contributed by atoms with E-state index >= 15 is 0 Å². The zero-order valence-electron chi connectivity index (χ0n) is 8.63. The molecule has 0 aromatic carbocycles. The fraction of sp³-hybridized carbons (Fsp3) is 0.900. The third-order valence-corrected chi connectivity index (χ3v) is 2.39. The molecule has 0 saturated carbocycles. The molecule has 1 atom stereocenters. The van der Waals surface area contributed by atoms with Crippen molar-refractivity contribution in [1.29, 1.82) is 0 Å². The summed E-state index contributed by atoms with van der Waals surface area (Å²) in [5, 5.41) is 2.83. The number of nitrogens with one attached hydrogen (secondary N) is 1. The molecular weight excluding hydrogens is 180 g/mol. The predicted octanol–water partition coefficient (Wildman–Crippen LogP) is 0.411. The Bertz CT molecular complexity index is 168. The van der Waals surface area contributed by atoms with Crippen molar-refractivity contribution >= 4 is 5.91 Å². The van der Waals surface area contributed by atoms with Crippen LogP contribution in [0.1, 0.15) is 32.1 Å². The predicted molar refractivity (Wildman–Crippen MR) is 54.9 cm³/mol. The van der Waals surface area contributed by atoms with Crippen LogP contribution in [0.15, 0.2) is 0 Å². The van der Waals surface area contributed by atoms with Gasteiger partial charge in [-0.05, 0) is 32.2 Å². The Kier molecular flexibility index (Phi) is 5.56. The highest BCUT2D eigenvalue weighted by Crippen LogP contribution is 2.15. The van der Waals surface area contributed by atoms with Crippen LogP contribution in [-0.4, -0.2) is 31.7 Å². The van der Waals surface area contributed by atoms with Gasteiger partial charge in [0.2, 0.25) is 5.91 Å². The number of hydrogen-bond donors (Lipinski definition) is 2. The van der Waals surface area contributed by atoms with Gasteiger partial charge in [0.1, 0.15) is 0 Å². The molecule has 0 spiro atoms. The second-order valence-electron chi connectivity index (χ2n) is 3.68. The molecule has 0 aromatic heterocycles. The molecule has 0 radical (unpaired) electrons. The van der Waals surface area contributed by atoms with Crippen molar-refractivity contribution in [2.24, 2.45) is 5.73 Å². The average molecular weight is 200 g/mol. The summed E-state index contributed by atoms with van der Waals surface area (Å²) < 4.78 is 5.47. The van der Waals surface area contributed by atoms with Crippen molar-refractivity contribution < 1.29 is 9.53 Å². The van der Waals surface area contributed by atoms with E-state index < -0.39 is 0 Å². The first-order valence-electron chi connectivity index (χ1n) is 5.41. The first-order valence-corrected chi connectivity index (χ1v) is 5.41. The minimum Gasteiger partial charge on any atom is -0.378 e. The molecule has 1 saturated heterocycles. The standard InChI is InChI=1S/C10H20N2O2/c11-5-3-6-12-10(13)8-9-4-1-2-7-14-9/h9H,1-8,11H2,(H,12,13). The molecule has 1 amide bonds. The summed E-state index contributed by atoms with van der Waals surface area (Å²) in [4.78, 5) is 11.4. The average Bonchev–Trinajstić information content (AvgIpc) is 2.20. The maximum atomic E-state index is 11.4. The van der Waals surface area contributed by atoms with Gasteiger partial charge in [-0.2, -0.15) is 0 Å². The molecule has 0 aromatic rings. The lowest BCUT2D eigenvalue weighted by molar-refractivity contribution is -0.124. The number of nitrogens with two attached hydrogens (primary N) is 1. The van der Waals surface area contributed by atoms with Crippen LogP contribution in [-0.2, 0) is 9.53 Å². The van der Waals surface area contributed by atoms with Crippen molar-refractivity contribution in [3.8, 4) is 0 Å². The first-order chi connectivity index (χ1) is 6.83. The minimum absolute atomic E-state index is 0.0883. The van der Waals surface area contributed by atoms with Crippen LogP contribution in [0.4, 0.5) is 0 Å². The lowest BCUT2D eigenvalue weighted by atomic mass is 10.1. The summed E-state index contributed by atoms with van der Waals surface area (Å²) in [6.45, 7) is 2.11. The lowest BCUT2D eigenvalue weighted by Gasteiger charge is -2.21. The molecule has 82 valence electrons. The molecular formula is C10H20N2O2. The summed E-state index contributed by atoms with van der Waals surface area (Å²) in [7, 11) is 0. The Balaban J connectivity index is 2.06. The van der Waals surface area contributed by atoms with Gasteiger partial charge < -0.3 is 15.8 Å². The molecule has 1 aliphatic rings. The first kappa shape index (κ1) is 11.5. The molecule has 4 heteroatoms. The minimum atomic E-state index is 0.0883. The van der Waals surface area contributed by atoms with Gasteiger partial charge in [0.25, 0.3) is 0 Å². The van der Waals surface area contributed by atoms with E-state index in [9.17, 15) is 4.79 Å². The van der Waals surface area contributed by atoms with Crippen LogP contribution in [0.2, 0.25) is 0 Å². The topological polar surface area (TPSA) is 64.3 Å². The van der Waals surface area contributed by atoms with Gasteiger partial charge in [-0.3, -0.25) is 4.79 Å². The Labute approximate surface area is 85.2 Å². The highest BCUT2D eigenvalue weighted by molar-refractivity contribution is 5.76. The third kappa shape index (κ3) is 4.58. The summed E-state index contributed by atoms with van der Waals surface area (Å²) in [5.74, 6) is 0.0883. The highest BCUT2D eigenvalue weighted by atomic mass is 16.5. The second-order valence-corrected chi connectivity index (χ2v) is 3.68. The molecule has 0 aliphatic carbocycles. The van der Waals surface area contributed by atoms with Gasteiger partial charge in [-0.15, -0.1) is 0 Å². The van der Waals surface area contributed by atoms with E-state index in [1.807, 2.05) is 0 Å². The zero-order valence-corrected chi connectivity index (χ0v) is 8.63. The van der Waals surface area contributed by atoms with Crippen molar-refractivity contribution in [2.75, 3.05) is 19.7 Å². The van der Waals surface area contributed by atoms with Crippen molar-refractivity contribution in [3.63, 3.8) is 0 Å². The normalized spacial score (nSPS) is 21.9. The van der Waals surface area contributed by atoms with E-state index in [2.05, 4.69) is 5.32 Å². The summed E-state index contributed by atoms with van der Waals surface area (Å²) in [6, 6.07) is 0. The Morgan fingerprint density at radius 1 is 1.50 bits per heavy atom. The Morgan fingerprint density at radius 2 is 2.36 bits per heavy atom. The van der Waals surface area contributed by atoms with Crippen LogP contribution in [0.3, 0.4) is 0 Å². The summed E-state index contributed by atoms with van der Waals surface area (Å²) in [5.41, 5.74) is 5.32. The maximum absolute atomic E-state index is 11.4. The third-order valence-electron chi connectivity index (χ3n) is 2.39. The molecule has 1 fully saturated rings. The van der Waals surface area contributed by atoms with Crippen LogP contribution < -0.4 is 11.1 Å². The monoisotopic (exact) mass is 200 g/mol. The molecule has 1 heterocycles. The van der Waals surface area contributed by atoms with E-state index in [0.29, 0.717) is 19.5 Å². The molecule has 4 nitrogen and oxygen atoms in total. The summed E-state index contributed by atoms with van der Waals surface area (Å²) in [6.07, 6.45) is 4.82. The van der Waals surface area contributed by atoms with Crippen LogP contribution >= 0.6 is 0 Å². The molecule has 3 N–H and O–H groups in total. The quantitative estimate of drug-likeness (QED) is 0.632. The van der Waals surface area contributed by atoms with Gasteiger partial charge in [0.15, 0.2) is 0 Å². The zero-order chi connectivity index (χ0) is 10.2. The van der Waals surface area contributed by atoms with Crippen LogP contribution in [0, 0.1) is 0 Å². The summed E-state index contributed by atoms with van der Waals surface area (Å²) >= 11 is 0. The van der Waals surface area contributed by atoms with Gasteiger partial charge in [0.05, 0.1) is 12.5 Å². The number of carbonyl (C=O) groups is 1. The molecule has 1 rings (SSSR count). The Morgan fingerprint density at radius 3 is 3.00 bits per heavy atom. The molecule has 14 heavy (non-hydrogen) atoms. The van der Waals surface area contributed by atoms with E-state index in [0.717, 1.165) is 25.9 Å². The van der Waals surface area contributed by atoms with Crippen LogP contribution in [0.25, 0.3) is 0 Å². The van der Waals surface area contributed by atoms with E-state index in [4.69, 9.17) is 10.5 Å². The molecule has 1 unspecified atom stereocenters. The molecule has 0 bridgehead atoms. The largest absolute Gasteiger partial charge is 0.378 e. The van der Waals surface area contributed by atoms with Gasteiger partial charge in [0, 0.05) is 13.2 Å². The number of rotatable bonds is 5. The number of ether oxygens (including phenoxy) is 1. The van der Waals surface area contributed by atoms with Crippen molar-refractivity contribution in [3.05, 3.63) is 0 Å². The van der Waals surface area contributed by atoms with Gasteiger partial charge >= 0.3 is 0 Å². The smallest absolute Gasteiger partial charge is 0.222 e. The lowest BCUT2D eigenvalue weighted by Crippen LogP contribution is -2.31. The number of carbonyl (C=O) groups excluding carboxylic acids is 1. The second kappa shape index (κ2) is 6.79. The maximum Gasteiger partial charge on any atom is 0.222 e. The number of hydrogen-bond acceptors (Lipinski definition) is 3. The fourth-order valence-electron chi connectivity index (χ4n) is 1.58. The molecule has 1 aliphatic heterocycles. The van der Waals surface area contributed by atoms with Crippen LogP contribution in [0.5, 0.6) is 0 Å². The highest BCUT2D eigenvalue weighted by Gasteiger charge is 2.16. The Hall–Kier alpha value is -0.610. The van der Waals surface area contributed by atoms with Crippen molar-refractivity contribution in [1.82, 2.24) is 5.32 Å². The van der Waals surface area contributed by atoms with Gasteiger partial charge in [-0.1, -0.05) is 0 Å². The number of amides is 1. The fourth-order valence-corrected chi connectivity index (χ4v) is 1.58.